The molecule has 1 saturated heterocycles. The molecule has 1 aromatic heterocycles. The lowest BCUT2D eigenvalue weighted by molar-refractivity contribution is 0.0678. The van der Waals surface area contributed by atoms with Crippen molar-refractivity contribution in [3.8, 4) is 11.4 Å². The normalized spacial score (nSPS) is 15.5. The number of rotatable bonds is 4. The van der Waals surface area contributed by atoms with Crippen LogP contribution in [0.2, 0.25) is 0 Å². The summed E-state index contributed by atoms with van der Waals surface area (Å²) in [5.74, 6) is 0.697. The van der Waals surface area contributed by atoms with Crippen molar-refractivity contribution in [3.05, 3.63) is 99.1 Å². The molecule has 0 atom stereocenters. The van der Waals surface area contributed by atoms with Gasteiger partial charge in [-0.2, -0.15) is 0 Å². The Morgan fingerprint density at radius 3 is 2.69 bits per heavy atom. The van der Waals surface area contributed by atoms with Gasteiger partial charge in [0.25, 0.3) is 5.91 Å². The molecule has 3 heterocycles. The van der Waals surface area contributed by atoms with Crippen molar-refractivity contribution in [2.24, 2.45) is 5.11 Å². The molecule has 8 nitrogen and oxygen atoms in total. The van der Waals surface area contributed by atoms with Gasteiger partial charge in [-0.15, -0.1) is 0 Å². The lowest BCUT2D eigenvalue weighted by Crippen LogP contribution is -2.51. The van der Waals surface area contributed by atoms with E-state index in [0.717, 1.165) is 45.0 Å². The van der Waals surface area contributed by atoms with Crippen LogP contribution in [-0.2, 0) is 5.54 Å². The number of amides is 1. The van der Waals surface area contributed by atoms with E-state index in [9.17, 15) is 4.79 Å². The van der Waals surface area contributed by atoms with E-state index >= 15 is 0 Å². The molecular weight excluding hydrogens is 520 g/mol. The molecule has 9 heteroatoms. The van der Waals surface area contributed by atoms with Gasteiger partial charge < -0.3 is 19.5 Å². The number of benzene rings is 3. The van der Waals surface area contributed by atoms with Crippen LogP contribution in [0.15, 0.2) is 82.5 Å². The number of hydrogen-bond donors (Lipinski definition) is 1. The van der Waals surface area contributed by atoms with Gasteiger partial charge in [-0.05, 0) is 65.5 Å². The average Bonchev–Trinajstić information content (AvgIpc) is 3.41. The maximum Gasteiger partial charge on any atom is 0.254 e. The van der Waals surface area contributed by atoms with Gasteiger partial charge in [-0.3, -0.25) is 4.79 Å². The maximum absolute atomic E-state index is 13.6. The van der Waals surface area contributed by atoms with E-state index in [-0.39, 0.29) is 18.2 Å². The summed E-state index contributed by atoms with van der Waals surface area (Å²) in [6, 6.07) is 21.9. The van der Waals surface area contributed by atoms with Crippen LogP contribution in [0.25, 0.3) is 26.9 Å². The molecule has 6 rings (SSSR count). The van der Waals surface area contributed by atoms with Gasteiger partial charge in [0, 0.05) is 46.0 Å². The van der Waals surface area contributed by atoms with Gasteiger partial charge >= 0.3 is 0 Å². The fraction of sp³-hybridized carbons (Fsp3) is 0.222. The largest absolute Gasteiger partial charge is 0.487 e. The minimum atomic E-state index is -0.293. The zero-order valence-electron chi connectivity index (χ0n) is 19.4. The van der Waals surface area contributed by atoms with Crippen LogP contribution in [-0.4, -0.2) is 35.2 Å². The Balaban J connectivity index is 1.27. The number of nitrogens with zero attached hydrogens (tertiary/aromatic N) is 5. The number of piperidine rings is 1. The van der Waals surface area contributed by atoms with Gasteiger partial charge in [0.05, 0.1) is 16.9 Å². The summed E-state index contributed by atoms with van der Waals surface area (Å²) in [6.07, 6.45) is 3.63. The Morgan fingerprint density at radius 2 is 1.89 bits per heavy atom. The smallest absolute Gasteiger partial charge is 0.254 e. The second kappa shape index (κ2) is 8.93. The highest BCUT2D eigenvalue weighted by molar-refractivity contribution is 9.10. The lowest BCUT2D eigenvalue weighted by Gasteiger charge is -2.46. The van der Waals surface area contributed by atoms with Crippen molar-refractivity contribution in [1.82, 2.24) is 9.47 Å². The fourth-order valence-electron chi connectivity index (χ4n) is 5.44. The second-order valence-corrected chi connectivity index (χ2v) is 9.94. The Morgan fingerprint density at radius 1 is 1.08 bits per heavy atom. The maximum atomic E-state index is 13.6. The number of azide groups is 1. The third-order valence-corrected chi connectivity index (χ3v) is 7.89. The van der Waals surface area contributed by atoms with E-state index < -0.39 is 0 Å². The summed E-state index contributed by atoms with van der Waals surface area (Å²) in [5.41, 5.74) is 12.1. The predicted molar refractivity (Wildman–Crippen MR) is 142 cm³/mol. The Hall–Kier alpha value is -3.94. The number of carbonyl (C=O) groups is 1. The van der Waals surface area contributed by atoms with Gasteiger partial charge in [0.15, 0.2) is 6.73 Å². The lowest BCUT2D eigenvalue weighted by atomic mass is 9.82. The van der Waals surface area contributed by atoms with Gasteiger partial charge in [-0.1, -0.05) is 45.3 Å². The van der Waals surface area contributed by atoms with Gasteiger partial charge in [0.2, 0.25) is 0 Å². The average molecular weight is 543 g/mol. The number of hydrogen-bond acceptors (Lipinski definition) is 4. The molecule has 0 aliphatic carbocycles. The minimum absolute atomic E-state index is 0.0585. The first-order chi connectivity index (χ1) is 17.6. The summed E-state index contributed by atoms with van der Waals surface area (Å²) in [5, 5.41) is 9.23. The summed E-state index contributed by atoms with van der Waals surface area (Å²) in [4.78, 5) is 18.3. The van der Waals surface area contributed by atoms with Crippen LogP contribution in [0, 0.1) is 0 Å². The van der Waals surface area contributed by atoms with Crippen LogP contribution >= 0.6 is 15.9 Å². The molecule has 4 aromatic rings. The Kier molecular flexibility index (Phi) is 5.59. The molecule has 0 unspecified atom stereocenters. The van der Waals surface area contributed by atoms with Crippen molar-refractivity contribution >= 4 is 38.3 Å². The second-order valence-electron chi connectivity index (χ2n) is 9.09. The molecule has 1 fully saturated rings. The van der Waals surface area contributed by atoms with Crippen LogP contribution < -0.4 is 10.1 Å². The fourth-order valence-corrected chi connectivity index (χ4v) is 5.92. The molecule has 1 amide bonds. The predicted octanol–water partition coefficient (Wildman–Crippen LogP) is 6.60. The van der Waals surface area contributed by atoms with Crippen LogP contribution in [0.3, 0.4) is 0 Å². The molecule has 0 saturated carbocycles. The summed E-state index contributed by atoms with van der Waals surface area (Å²) in [6.45, 7) is 1.23. The van der Waals surface area contributed by atoms with Crippen LogP contribution in [0.1, 0.15) is 28.9 Å². The van der Waals surface area contributed by atoms with Gasteiger partial charge in [0.1, 0.15) is 5.75 Å². The third kappa shape index (κ3) is 3.68. The zero-order valence-corrected chi connectivity index (χ0v) is 21.0. The highest BCUT2D eigenvalue weighted by atomic mass is 79.9. The number of fused-ring (bicyclic) bond motifs is 5. The molecule has 3 aromatic carbocycles. The van der Waals surface area contributed by atoms with Crippen molar-refractivity contribution in [1.29, 1.82) is 0 Å². The summed E-state index contributed by atoms with van der Waals surface area (Å²) < 4.78 is 8.77. The number of halogens is 1. The SMILES string of the molecule is [N-]=[N+]=NCOc1ccc2c(c1)NC1(CCN(C(=O)c3ccc(Br)c4ccccc34)CC1)c1cccn1-2. The number of aromatic nitrogens is 1. The highest BCUT2D eigenvalue weighted by Crippen LogP contribution is 2.44. The molecule has 2 aliphatic heterocycles. The zero-order chi connectivity index (χ0) is 24.7. The highest BCUT2D eigenvalue weighted by Gasteiger charge is 2.42. The number of nitrogens with one attached hydrogen (secondary N) is 1. The quantitative estimate of drug-likeness (QED) is 0.179. The molecular formula is C27H23BrN6O2. The molecule has 1 N–H and O–H groups in total. The summed E-state index contributed by atoms with van der Waals surface area (Å²) in [7, 11) is 0. The van der Waals surface area contributed by atoms with Crippen LogP contribution in [0.4, 0.5) is 5.69 Å². The van der Waals surface area contributed by atoms with E-state index in [1.165, 1.54) is 5.69 Å². The van der Waals surface area contributed by atoms with Crippen molar-refractivity contribution in [3.63, 3.8) is 0 Å². The van der Waals surface area contributed by atoms with Crippen molar-refractivity contribution < 1.29 is 9.53 Å². The molecule has 2 aliphatic rings. The van der Waals surface area contributed by atoms with Crippen molar-refractivity contribution in [2.75, 3.05) is 25.1 Å². The topological polar surface area (TPSA) is 95.3 Å². The monoisotopic (exact) mass is 542 g/mol. The first kappa shape index (κ1) is 22.5. The Labute approximate surface area is 216 Å². The van der Waals surface area contributed by atoms with E-state index in [2.05, 4.69) is 54.2 Å². The van der Waals surface area contributed by atoms with Crippen molar-refractivity contribution in [2.45, 2.75) is 18.4 Å². The molecule has 1 spiro atoms. The van der Waals surface area contributed by atoms with Crippen LogP contribution in [0.5, 0.6) is 5.75 Å². The minimum Gasteiger partial charge on any atom is -0.487 e. The molecule has 180 valence electrons. The number of ether oxygens (including phenoxy) is 1. The van der Waals surface area contributed by atoms with E-state index in [1.54, 1.807) is 0 Å². The summed E-state index contributed by atoms with van der Waals surface area (Å²) >= 11 is 3.61. The molecule has 0 radical (unpaired) electrons. The van der Waals surface area contributed by atoms with Gasteiger partial charge in [-0.25, -0.2) is 0 Å². The first-order valence-electron chi connectivity index (χ1n) is 11.8. The number of anilines is 1. The standard InChI is InChI=1S/C27H23BrN6O2/c28-22-9-8-21(19-4-1-2-5-20(19)22)26(35)33-14-11-27(12-15-33)25-6-3-13-34(25)24-10-7-18(16-23(24)31-27)36-17-30-32-29/h1-10,13,16,31H,11-12,14-15,17H2. The molecule has 36 heavy (non-hydrogen) atoms. The molecule has 0 bridgehead atoms. The van der Waals surface area contributed by atoms with E-state index in [4.69, 9.17) is 10.3 Å². The Bertz CT molecular complexity index is 1530. The third-order valence-electron chi connectivity index (χ3n) is 7.20. The number of likely N-dealkylation sites (tertiary alicyclic amines) is 1. The number of carbonyl (C=O) groups excluding carboxylic acids is 1. The van der Waals surface area contributed by atoms with E-state index in [1.807, 2.05) is 59.5 Å². The van der Waals surface area contributed by atoms with E-state index in [0.29, 0.717) is 18.8 Å². The first-order valence-corrected chi connectivity index (χ1v) is 12.6.